The van der Waals surface area contributed by atoms with Gasteiger partial charge >= 0.3 is 0 Å². The summed E-state index contributed by atoms with van der Waals surface area (Å²) in [5.41, 5.74) is 0.506. The molecule has 3 nitrogen and oxygen atoms in total. The van der Waals surface area contributed by atoms with Crippen molar-refractivity contribution in [3.8, 4) is 17.3 Å². The highest BCUT2D eigenvalue weighted by Crippen LogP contribution is 2.22. The molecule has 2 rings (SSSR count). The van der Waals surface area contributed by atoms with E-state index in [-0.39, 0.29) is 11.4 Å². The smallest absolute Gasteiger partial charge is 0.185 e. The Morgan fingerprint density at radius 1 is 1.19 bits per heavy atom. The predicted octanol–water partition coefficient (Wildman–Crippen LogP) is 2.92. The number of benzene rings is 1. The van der Waals surface area contributed by atoms with Crippen LogP contribution in [0.15, 0.2) is 35.1 Å². The average molecular weight is 278 g/mol. The van der Waals surface area contributed by atoms with E-state index in [1.54, 1.807) is 30.3 Å². The maximum absolute atomic E-state index is 13.7. The van der Waals surface area contributed by atoms with Gasteiger partial charge in [-0.2, -0.15) is 5.26 Å². The highest BCUT2D eigenvalue weighted by molar-refractivity contribution is 9.10. The van der Waals surface area contributed by atoms with Gasteiger partial charge < -0.3 is 0 Å². The second-order valence-electron chi connectivity index (χ2n) is 3.00. The summed E-state index contributed by atoms with van der Waals surface area (Å²) < 4.78 is 14.6. The molecule has 2 aromatic rings. The molecule has 1 heterocycles. The molecule has 0 amide bonds. The van der Waals surface area contributed by atoms with Crippen LogP contribution in [0.4, 0.5) is 4.39 Å². The summed E-state index contributed by atoms with van der Waals surface area (Å²) in [6.07, 6.45) is 1.18. The second kappa shape index (κ2) is 4.37. The SMILES string of the molecule is N#Cc1ncnc(-c2ccc(Br)cc2)c1F. The average Bonchev–Trinajstić information content (AvgIpc) is 2.31. The van der Waals surface area contributed by atoms with E-state index in [4.69, 9.17) is 5.26 Å². The Morgan fingerprint density at radius 3 is 2.50 bits per heavy atom. The molecule has 0 fully saturated rings. The molecule has 0 aliphatic rings. The normalized spacial score (nSPS) is 9.81. The molecule has 16 heavy (non-hydrogen) atoms. The van der Waals surface area contributed by atoms with Gasteiger partial charge in [0.25, 0.3) is 0 Å². The third-order valence-electron chi connectivity index (χ3n) is 2.01. The van der Waals surface area contributed by atoms with Gasteiger partial charge in [-0.05, 0) is 12.1 Å². The van der Waals surface area contributed by atoms with Crippen molar-refractivity contribution < 1.29 is 4.39 Å². The molecule has 0 saturated carbocycles. The number of nitriles is 1. The van der Waals surface area contributed by atoms with E-state index < -0.39 is 5.82 Å². The van der Waals surface area contributed by atoms with Gasteiger partial charge in [-0.25, -0.2) is 14.4 Å². The van der Waals surface area contributed by atoms with Crippen LogP contribution in [-0.2, 0) is 0 Å². The summed E-state index contributed by atoms with van der Waals surface area (Å²) in [7, 11) is 0. The molecule has 5 heteroatoms. The highest BCUT2D eigenvalue weighted by atomic mass is 79.9. The van der Waals surface area contributed by atoms with E-state index in [1.165, 1.54) is 6.33 Å². The van der Waals surface area contributed by atoms with E-state index in [1.807, 2.05) is 0 Å². The van der Waals surface area contributed by atoms with Crippen LogP contribution in [0, 0.1) is 17.1 Å². The summed E-state index contributed by atoms with van der Waals surface area (Å²) in [6.45, 7) is 0. The summed E-state index contributed by atoms with van der Waals surface area (Å²) in [5, 5.41) is 8.65. The van der Waals surface area contributed by atoms with Crippen molar-refractivity contribution in [1.82, 2.24) is 9.97 Å². The molecule has 1 aromatic heterocycles. The van der Waals surface area contributed by atoms with E-state index in [2.05, 4.69) is 25.9 Å². The summed E-state index contributed by atoms with van der Waals surface area (Å²) in [6, 6.07) is 8.68. The number of hydrogen-bond acceptors (Lipinski definition) is 3. The first-order valence-electron chi connectivity index (χ1n) is 4.39. The minimum Gasteiger partial charge on any atom is -0.233 e. The molecule has 0 aliphatic carbocycles. The van der Waals surface area contributed by atoms with Crippen molar-refractivity contribution in [2.45, 2.75) is 0 Å². The Balaban J connectivity index is 2.57. The van der Waals surface area contributed by atoms with Gasteiger partial charge in [0.05, 0.1) is 0 Å². The number of nitrogens with zero attached hydrogens (tertiary/aromatic N) is 3. The molecule has 78 valence electrons. The van der Waals surface area contributed by atoms with Crippen molar-refractivity contribution in [2.75, 3.05) is 0 Å². The number of rotatable bonds is 1. The Labute approximate surface area is 99.7 Å². The first kappa shape index (κ1) is 10.7. The molecule has 0 bridgehead atoms. The molecule has 0 atom stereocenters. The first-order valence-corrected chi connectivity index (χ1v) is 5.18. The zero-order valence-corrected chi connectivity index (χ0v) is 9.57. The monoisotopic (exact) mass is 277 g/mol. The Bertz CT molecular complexity index is 560. The Kier molecular flexibility index (Phi) is 2.93. The van der Waals surface area contributed by atoms with Crippen LogP contribution in [0.5, 0.6) is 0 Å². The van der Waals surface area contributed by atoms with Gasteiger partial charge in [0.1, 0.15) is 18.1 Å². The van der Waals surface area contributed by atoms with Gasteiger partial charge in [0, 0.05) is 10.0 Å². The zero-order chi connectivity index (χ0) is 11.5. The van der Waals surface area contributed by atoms with Gasteiger partial charge in [0.2, 0.25) is 0 Å². The molecule has 0 aliphatic heterocycles. The topological polar surface area (TPSA) is 49.6 Å². The van der Waals surface area contributed by atoms with E-state index in [9.17, 15) is 4.39 Å². The summed E-state index contributed by atoms with van der Waals surface area (Å²) in [4.78, 5) is 7.38. The molecule has 0 spiro atoms. The standard InChI is InChI=1S/C11H5BrFN3/c12-8-3-1-7(2-4-8)11-10(13)9(5-14)15-6-16-11/h1-4,6H. The van der Waals surface area contributed by atoms with Gasteiger partial charge in [-0.3, -0.25) is 0 Å². The Morgan fingerprint density at radius 2 is 1.88 bits per heavy atom. The molecule has 0 unspecified atom stereocenters. The van der Waals surface area contributed by atoms with Crippen LogP contribution in [0.2, 0.25) is 0 Å². The fraction of sp³-hybridized carbons (Fsp3) is 0. The van der Waals surface area contributed by atoms with Crippen molar-refractivity contribution in [3.05, 3.63) is 46.6 Å². The summed E-state index contributed by atoms with van der Waals surface area (Å²) in [5.74, 6) is -0.688. The maximum Gasteiger partial charge on any atom is 0.185 e. The van der Waals surface area contributed by atoms with Crippen LogP contribution >= 0.6 is 15.9 Å². The Hall–Kier alpha value is -1.80. The molecular weight excluding hydrogens is 273 g/mol. The van der Waals surface area contributed by atoms with Crippen LogP contribution in [0.25, 0.3) is 11.3 Å². The van der Waals surface area contributed by atoms with E-state index in [0.717, 1.165) is 4.47 Å². The molecule has 0 radical (unpaired) electrons. The van der Waals surface area contributed by atoms with Gasteiger partial charge in [-0.1, -0.05) is 28.1 Å². The molecule has 0 N–H and O–H groups in total. The minimum atomic E-state index is -0.688. The highest BCUT2D eigenvalue weighted by Gasteiger charge is 2.11. The van der Waals surface area contributed by atoms with Crippen molar-refractivity contribution >= 4 is 15.9 Å². The van der Waals surface area contributed by atoms with Crippen LogP contribution in [-0.4, -0.2) is 9.97 Å². The van der Waals surface area contributed by atoms with Crippen molar-refractivity contribution in [2.24, 2.45) is 0 Å². The number of halogens is 2. The number of hydrogen-bond donors (Lipinski definition) is 0. The third-order valence-corrected chi connectivity index (χ3v) is 2.54. The predicted molar refractivity (Wildman–Crippen MR) is 59.8 cm³/mol. The molecule has 1 aromatic carbocycles. The lowest BCUT2D eigenvalue weighted by molar-refractivity contribution is 0.613. The van der Waals surface area contributed by atoms with E-state index >= 15 is 0 Å². The molecule has 0 saturated heterocycles. The lowest BCUT2D eigenvalue weighted by atomic mass is 10.1. The first-order chi connectivity index (χ1) is 7.72. The van der Waals surface area contributed by atoms with Gasteiger partial charge in [-0.15, -0.1) is 0 Å². The second-order valence-corrected chi connectivity index (χ2v) is 3.92. The lowest BCUT2D eigenvalue weighted by Crippen LogP contribution is -1.96. The zero-order valence-electron chi connectivity index (χ0n) is 7.98. The maximum atomic E-state index is 13.7. The van der Waals surface area contributed by atoms with E-state index in [0.29, 0.717) is 5.56 Å². The summed E-state index contributed by atoms with van der Waals surface area (Å²) >= 11 is 3.29. The lowest BCUT2D eigenvalue weighted by Gasteiger charge is -2.02. The van der Waals surface area contributed by atoms with Crippen LogP contribution in [0.1, 0.15) is 5.69 Å². The quantitative estimate of drug-likeness (QED) is 0.805. The van der Waals surface area contributed by atoms with Gasteiger partial charge in [0.15, 0.2) is 11.5 Å². The van der Waals surface area contributed by atoms with Crippen molar-refractivity contribution in [1.29, 1.82) is 5.26 Å². The molecular formula is C11H5BrFN3. The van der Waals surface area contributed by atoms with Crippen LogP contribution < -0.4 is 0 Å². The fourth-order valence-electron chi connectivity index (χ4n) is 1.26. The largest absolute Gasteiger partial charge is 0.233 e. The fourth-order valence-corrected chi connectivity index (χ4v) is 1.52. The number of aromatic nitrogens is 2. The minimum absolute atomic E-state index is 0.138. The third kappa shape index (κ3) is 1.92. The van der Waals surface area contributed by atoms with Crippen LogP contribution in [0.3, 0.4) is 0 Å². The van der Waals surface area contributed by atoms with Crippen molar-refractivity contribution in [3.63, 3.8) is 0 Å².